The van der Waals surface area contributed by atoms with Crippen molar-refractivity contribution in [1.29, 1.82) is 0 Å². The molecule has 0 aromatic heterocycles. The number of hydrogen-bond donors (Lipinski definition) is 1. The van der Waals surface area contributed by atoms with Gasteiger partial charge < -0.3 is 9.80 Å². The molecule has 0 fully saturated rings. The lowest BCUT2D eigenvalue weighted by atomic mass is 10.2. The molecule has 0 aromatic carbocycles. The molecular formula is C12H23F3N2O3S. The van der Waals surface area contributed by atoms with Crippen LogP contribution in [0.15, 0.2) is 12.4 Å². The van der Waals surface area contributed by atoms with Gasteiger partial charge in [-0.05, 0) is 13.3 Å². The van der Waals surface area contributed by atoms with Gasteiger partial charge in [0.15, 0.2) is 0 Å². The zero-order chi connectivity index (χ0) is 16.5. The Morgan fingerprint density at radius 3 is 2.00 bits per heavy atom. The van der Waals surface area contributed by atoms with Crippen LogP contribution >= 0.6 is 0 Å². The van der Waals surface area contributed by atoms with E-state index in [-0.39, 0.29) is 0 Å². The Morgan fingerprint density at radius 2 is 1.62 bits per heavy atom. The number of nitrogens with zero attached hydrogens (tertiary/aromatic N) is 2. The van der Waals surface area contributed by atoms with E-state index in [4.69, 9.17) is 13.0 Å². The quantitative estimate of drug-likeness (QED) is 0.460. The molecule has 126 valence electrons. The maximum atomic E-state index is 10.7. The van der Waals surface area contributed by atoms with E-state index < -0.39 is 15.6 Å². The van der Waals surface area contributed by atoms with Crippen molar-refractivity contribution in [1.82, 2.24) is 9.80 Å². The highest BCUT2D eigenvalue weighted by atomic mass is 32.2. The molecule has 9 heteroatoms. The zero-order valence-electron chi connectivity index (χ0n) is 12.3. The van der Waals surface area contributed by atoms with E-state index in [2.05, 4.69) is 36.0 Å². The van der Waals surface area contributed by atoms with Crippen molar-refractivity contribution in [2.45, 2.75) is 45.0 Å². The van der Waals surface area contributed by atoms with Crippen LogP contribution in [0.25, 0.3) is 0 Å². The lowest BCUT2D eigenvalue weighted by Gasteiger charge is -2.19. The molecular weight excluding hydrogens is 309 g/mol. The van der Waals surface area contributed by atoms with Gasteiger partial charge in [-0.15, -0.1) is 0 Å². The molecule has 0 spiro atoms. The fourth-order valence-corrected chi connectivity index (χ4v) is 1.61. The van der Waals surface area contributed by atoms with Crippen molar-refractivity contribution in [2.24, 2.45) is 0 Å². The predicted molar refractivity (Wildman–Crippen MR) is 74.8 cm³/mol. The van der Waals surface area contributed by atoms with Crippen LogP contribution in [0.5, 0.6) is 0 Å². The number of rotatable bonds is 6. The molecule has 0 atom stereocenters. The summed E-state index contributed by atoms with van der Waals surface area (Å²) in [5.41, 5.74) is -5.53. The van der Waals surface area contributed by atoms with Crippen molar-refractivity contribution >= 4 is 10.1 Å². The molecule has 5 nitrogen and oxygen atoms in total. The Hall–Kier alpha value is -0.960. The molecule has 0 saturated carbocycles. The van der Waals surface area contributed by atoms with E-state index in [1.807, 2.05) is 0 Å². The molecule has 1 N–H and O–H groups in total. The van der Waals surface area contributed by atoms with Crippen molar-refractivity contribution < 1.29 is 26.1 Å². The smallest absolute Gasteiger partial charge is 0.359 e. The normalized spacial score (nSPS) is 15.1. The molecule has 0 saturated heterocycles. The van der Waals surface area contributed by atoms with Crippen molar-refractivity contribution in [3.05, 3.63) is 12.4 Å². The number of unbranched alkanes of at least 4 members (excludes halogenated alkanes) is 3. The summed E-state index contributed by atoms with van der Waals surface area (Å²) in [4.78, 5) is 4.74. The first-order valence-electron chi connectivity index (χ1n) is 6.82. The summed E-state index contributed by atoms with van der Waals surface area (Å²) in [6.07, 6.45) is 9.85. The van der Waals surface area contributed by atoms with Gasteiger partial charge >= 0.3 is 15.6 Å². The maximum Gasteiger partial charge on any atom is 0.522 e. The fraction of sp³-hybridized carbons (Fsp3) is 0.833. The summed E-state index contributed by atoms with van der Waals surface area (Å²) in [5, 5.41) is 0. The monoisotopic (exact) mass is 332 g/mol. The van der Waals surface area contributed by atoms with E-state index in [0.29, 0.717) is 0 Å². The second-order valence-electron chi connectivity index (χ2n) is 4.64. The third-order valence-corrected chi connectivity index (χ3v) is 3.43. The Kier molecular flexibility index (Phi) is 8.72. The first-order chi connectivity index (χ1) is 9.61. The fourth-order valence-electron chi connectivity index (χ4n) is 1.61. The Morgan fingerprint density at radius 1 is 1.10 bits per heavy atom. The molecule has 21 heavy (non-hydrogen) atoms. The first kappa shape index (κ1) is 20.0. The standard InChI is InChI=1S/C11H22N2.CHF3O3S/c1-3-5-6-7-8-13-10-9-12(4-2)11-13;2-1(3,4)8(5,6)7/h9-10H,3-8,11H2,1-2H3;(H,5,6,7). The van der Waals surface area contributed by atoms with Gasteiger partial charge in [0.1, 0.15) is 0 Å². The molecule has 0 aromatic rings. The topological polar surface area (TPSA) is 60.9 Å². The van der Waals surface area contributed by atoms with Crippen LogP contribution in [0.1, 0.15) is 39.5 Å². The SMILES string of the molecule is CCCCCCN1C=CN(CC)C1.O=S(=O)(O)C(F)(F)F. The van der Waals surface area contributed by atoms with Crippen molar-refractivity contribution in [2.75, 3.05) is 19.8 Å². The highest BCUT2D eigenvalue weighted by Crippen LogP contribution is 2.20. The average molecular weight is 332 g/mol. The minimum absolute atomic E-state index is 1.10. The molecule has 1 rings (SSSR count). The van der Waals surface area contributed by atoms with E-state index in [1.54, 1.807) is 0 Å². The number of halogens is 3. The van der Waals surface area contributed by atoms with Gasteiger partial charge in [-0.2, -0.15) is 21.6 Å². The zero-order valence-corrected chi connectivity index (χ0v) is 13.1. The molecule has 0 radical (unpaired) electrons. The average Bonchev–Trinajstić information content (AvgIpc) is 2.81. The van der Waals surface area contributed by atoms with Gasteiger partial charge in [-0.3, -0.25) is 4.55 Å². The molecule has 0 aliphatic carbocycles. The minimum atomic E-state index is -5.84. The maximum absolute atomic E-state index is 10.7. The first-order valence-corrected chi connectivity index (χ1v) is 8.26. The molecule has 1 aliphatic rings. The van der Waals surface area contributed by atoms with Crippen LogP contribution in [0, 0.1) is 0 Å². The predicted octanol–water partition coefficient (Wildman–Crippen LogP) is 3.03. The van der Waals surface area contributed by atoms with Crippen LogP contribution in [0.4, 0.5) is 13.2 Å². The summed E-state index contributed by atoms with van der Waals surface area (Å²) < 4.78 is 57.5. The second-order valence-corrected chi connectivity index (χ2v) is 6.05. The van der Waals surface area contributed by atoms with Gasteiger partial charge in [0.05, 0.1) is 6.67 Å². The highest BCUT2D eigenvalue weighted by Gasteiger charge is 2.44. The van der Waals surface area contributed by atoms with Crippen LogP contribution in [0.3, 0.4) is 0 Å². The highest BCUT2D eigenvalue weighted by molar-refractivity contribution is 7.86. The van der Waals surface area contributed by atoms with Gasteiger partial charge in [0.2, 0.25) is 0 Å². The lowest BCUT2D eigenvalue weighted by molar-refractivity contribution is -0.0510. The minimum Gasteiger partial charge on any atom is -0.359 e. The van der Waals surface area contributed by atoms with E-state index in [9.17, 15) is 13.2 Å². The summed E-state index contributed by atoms with van der Waals surface area (Å²) >= 11 is 0. The second kappa shape index (κ2) is 9.14. The lowest BCUT2D eigenvalue weighted by Crippen LogP contribution is -2.25. The van der Waals surface area contributed by atoms with Crippen molar-refractivity contribution in [3.8, 4) is 0 Å². The Labute approximate surface area is 124 Å². The van der Waals surface area contributed by atoms with Crippen LogP contribution < -0.4 is 0 Å². The third kappa shape index (κ3) is 8.82. The Bertz CT molecular complexity index is 410. The molecule has 0 unspecified atom stereocenters. The number of hydrogen-bond acceptors (Lipinski definition) is 4. The van der Waals surface area contributed by atoms with E-state index >= 15 is 0 Å². The summed E-state index contributed by atoms with van der Waals surface area (Å²) in [6, 6.07) is 0. The molecule has 1 heterocycles. The Balaban J connectivity index is 0.000000433. The van der Waals surface area contributed by atoms with Gasteiger partial charge in [0.25, 0.3) is 0 Å². The van der Waals surface area contributed by atoms with Crippen LogP contribution in [0.2, 0.25) is 0 Å². The molecule has 0 bridgehead atoms. The van der Waals surface area contributed by atoms with E-state index in [1.165, 1.54) is 32.2 Å². The third-order valence-electron chi connectivity index (χ3n) is 2.85. The van der Waals surface area contributed by atoms with Crippen LogP contribution in [-0.4, -0.2) is 48.0 Å². The largest absolute Gasteiger partial charge is 0.522 e. The van der Waals surface area contributed by atoms with E-state index in [0.717, 1.165) is 13.2 Å². The van der Waals surface area contributed by atoms with Crippen molar-refractivity contribution in [3.63, 3.8) is 0 Å². The summed E-state index contributed by atoms with van der Waals surface area (Å²) in [6.45, 7) is 7.91. The van der Waals surface area contributed by atoms with Gasteiger partial charge in [-0.25, -0.2) is 0 Å². The van der Waals surface area contributed by atoms with Gasteiger partial charge in [0, 0.05) is 25.5 Å². The summed E-state index contributed by atoms with van der Waals surface area (Å²) in [5.74, 6) is 0. The molecule has 1 aliphatic heterocycles. The molecule has 0 amide bonds. The van der Waals surface area contributed by atoms with Crippen LogP contribution in [-0.2, 0) is 10.1 Å². The number of alkyl halides is 3. The summed E-state index contributed by atoms with van der Waals surface area (Å²) in [7, 11) is -5.84. The van der Waals surface area contributed by atoms with Gasteiger partial charge in [-0.1, -0.05) is 26.2 Å².